The van der Waals surface area contributed by atoms with Crippen molar-refractivity contribution in [3.63, 3.8) is 0 Å². The molecule has 0 amide bonds. The highest BCUT2D eigenvalue weighted by molar-refractivity contribution is 6.32. The molecule has 22 heavy (non-hydrogen) atoms. The van der Waals surface area contributed by atoms with Crippen LogP contribution >= 0.6 is 11.6 Å². The van der Waals surface area contributed by atoms with Crippen LogP contribution in [0.1, 0.15) is 30.9 Å². The van der Waals surface area contributed by atoms with Crippen LogP contribution in [0.2, 0.25) is 5.15 Å². The van der Waals surface area contributed by atoms with Gasteiger partial charge < -0.3 is 10.6 Å². The number of rotatable bonds is 6. The average Bonchev–Trinajstić information content (AvgIpc) is 3.33. The molecule has 1 fully saturated rings. The number of nitrogens with zero attached hydrogens (tertiary/aromatic N) is 2. The summed E-state index contributed by atoms with van der Waals surface area (Å²) in [6, 6.07) is 6.41. The first-order valence-electron chi connectivity index (χ1n) is 7.50. The fourth-order valence-corrected chi connectivity index (χ4v) is 2.53. The minimum Gasteiger partial charge on any atom is -0.367 e. The lowest BCUT2D eigenvalue weighted by Crippen LogP contribution is -2.09. The van der Waals surface area contributed by atoms with E-state index in [9.17, 15) is 0 Å². The first kappa shape index (κ1) is 14.9. The van der Waals surface area contributed by atoms with Crippen molar-refractivity contribution >= 4 is 28.8 Å². The Hall–Kier alpha value is -2.07. The maximum absolute atomic E-state index is 6.23. The molecule has 0 unspecified atom stereocenters. The van der Waals surface area contributed by atoms with Gasteiger partial charge in [0.05, 0.1) is 5.69 Å². The molecule has 2 aromatic rings. The van der Waals surface area contributed by atoms with Gasteiger partial charge in [0.25, 0.3) is 0 Å². The summed E-state index contributed by atoms with van der Waals surface area (Å²) in [4.78, 5) is 8.57. The molecule has 1 aliphatic carbocycles. The van der Waals surface area contributed by atoms with E-state index in [4.69, 9.17) is 11.6 Å². The first-order valence-corrected chi connectivity index (χ1v) is 7.88. The van der Waals surface area contributed by atoms with Gasteiger partial charge >= 0.3 is 0 Å². The molecule has 0 atom stereocenters. The third kappa shape index (κ3) is 3.22. The topological polar surface area (TPSA) is 49.8 Å². The maximum Gasteiger partial charge on any atom is 0.152 e. The molecule has 0 spiro atoms. The van der Waals surface area contributed by atoms with Gasteiger partial charge in [-0.25, -0.2) is 9.97 Å². The van der Waals surface area contributed by atoms with Gasteiger partial charge in [-0.3, -0.25) is 0 Å². The third-order valence-corrected chi connectivity index (χ3v) is 3.99. The summed E-state index contributed by atoms with van der Waals surface area (Å²) >= 11 is 6.23. The lowest BCUT2D eigenvalue weighted by Gasteiger charge is -2.16. The van der Waals surface area contributed by atoms with Gasteiger partial charge in [0.2, 0.25) is 0 Å². The summed E-state index contributed by atoms with van der Waals surface area (Å²) in [5.41, 5.74) is 3.65. The van der Waals surface area contributed by atoms with E-state index in [1.165, 1.54) is 12.8 Å². The standard InChI is InChI=1S/C17H19ClN4/c1-3-12-8-10-19-16(18)15(12)21-11(2)14-5-4-9-20-17(14)22-13-6-7-13/h4-5,8-10,13,21H,2-3,6-7H2,1H3,(H,20,22). The van der Waals surface area contributed by atoms with Crippen LogP contribution in [0.25, 0.3) is 5.70 Å². The second-order valence-corrected chi connectivity index (χ2v) is 5.77. The van der Waals surface area contributed by atoms with E-state index >= 15 is 0 Å². The van der Waals surface area contributed by atoms with Gasteiger partial charge in [-0.2, -0.15) is 0 Å². The van der Waals surface area contributed by atoms with Gasteiger partial charge in [-0.05, 0) is 43.0 Å². The molecule has 2 N–H and O–H groups in total. The molecule has 0 saturated heterocycles. The van der Waals surface area contributed by atoms with Crippen LogP contribution in [-0.4, -0.2) is 16.0 Å². The molecular formula is C17H19ClN4. The van der Waals surface area contributed by atoms with E-state index in [1.54, 1.807) is 12.4 Å². The Morgan fingerprint density at radius 2 is 2.14 bits per heavy atom. The number of halogens is 1. The lowest BCUT2D eigenvalue weighted by molar-refractivity contribution is 1.10. The summed E-state index contributed by atoms with van der Waals surface area (Å²) in [6.45, 7) is 6.23. The molecule has 0 aromatic carbocycles. The Kier molecular flexibility index (Phi) is 4.29. The number of nitrogens with one attached hydrogen (secondary N) is 2. The van der Waals surface area contributed by atoms with Crippen LogP contribution in [0.3, 0.4) is 0 Å². The van der Waals surface area contributed by atoms with E-state index in [1.807, 2.05) is 18.2 Å². The molecule has 1 saturated carbocycles. The lowest BCUT2D eigenvalue weighted by atomic mass is 10.1. The highest BCUT2D eigenvalue weighted by Gasteiger charge is 2.23. The molecule has 2 heterocycles. The van der Waals surface area contributed by atoms with Crippen molar-refractivity contribution < 1.29 is 0 Å². The second kappa shape index (κ2) is 6.36. The summed E-state index contributed by atoms with van der Waals surface area (Å²) in [6.07, 6.45) is 6.78. The number of aryl methyl sites for hydroxylation is 1. The minimum atomic E-state index is 0.459. The van der Waals surface area contributed by atoms with Crippen LogP contribution in [0.4, 0.5) is 11.5 Å². The zero-order valence-corrected chi connectivity index (χ0v) is 13.3. The Morgan fingerprint density at radius 3 is 2.86 bits per heavy atom. The Bertz CT molecular complexity index is 695. The van der Waals surface area contributed by atoms with E-state index in [0.29, 0.717) is 11.2 Å². The fraction of sp³-hybridized carbons (Fsp3) is 0.294. The van der Waals surface area contributed by atoms with E-state index in [0.717, 1.165) is 34.8 Å². The first-order chi connectivity index (χ1) is 10.7. The van der Waals surface area contributed by atoms with Crippen LogP contribution in [0, 0.1) is 0 Å². The molecule has 0 aliphatic heterocycles. The highest BCUT2D eigenvalue weighted by Crippen LogP contribution is 2.31. The summed E-state index contributed by atoms with van der Waals surface area (Å²) in [7, 11) is 0. The van der Waals surface area contributed by atoms with Crippen molar-refractivity contribution in [2.75, 3.05) is 10.6 Å². The third-order valence-electron chi connectivity index (χ3n) is 3.70. The average molecular weight is 315 g/mol. The van der Waals surface area contributed by atoms with Gasteiger partial charge in [0.1, 0.15) is 5.82 Å². The monoisotopic (exact) mass is 314 g/mol. The Labute approximate surface area is 135 Å². The van der Waals surface area contributed by atoms with E-state index in [2.05, 4.69) is 34.1 Å². The molecule has 4 nitrogen and oxygen atoms in total. The molecule has 5 heteroatoms. The van der Waals surface area contributed by atoms with Crippen LogP contribution < -0.4 is 10.6 Å². The summed E-state index contributed by atoms with van der Waals surface area (Å²) in [5, 5.41) is 7.20. The molecule has 0 radical (unpaired) electrons. The number of aromatic nitrogens is 2. The van der Waals surface area contributed by atoms with E-state index in [-0.39, 0.29) is 0 Å². The SMILES string of the molecule is C=C(Nc1c(CC)ccnc1Cl)c1cccnc1NC1CC1. The van der Waals surface area contributed by atoms with Gasteiger partial charge in [0, 0.05) is 29.7 Å². The van der Waals surface area contributed by atoms with Crippen LogP contribution in [0.5, 0.6) is 0 Å². The number of hydrogen-bond donors (Lipinski definition) is 2. The minimum absolute atomic E-state index is 0.459. The molecule has 3 rings (SSSR count). The highest BCUT2D eigenvalue weighted by atomic mass is 35.5. The van der Waals surface area contributed by atoms with Gasteiger partial charge in [0.15, 0.2) is 5.15 Å². The number of anilines is 2. The Morgan fingerprint density at radius 1 is 1.32 bits per heavy atom. The molecular weight excluding hydrogens is 296 g/mol. The van der Waals surface area contributed by atoms with Crippen molar-refractivity contribution in [2.45, 2.75) is 32.2 Å². The van der Waals surface area contributed by atoms with Crippen molar-refractivity contribution in [2.24, 2.45) is 0 Å². The van der Waals surface area contributed by atoms with Crippen molar-refractivity contribution in [1.82, 2.24) is 9.97 Å². The predicted octanol–water partition coefficient (Wildman–Crippen LogP) is 4.35. The zero-order valence-electron chi connectivity index (χ0n) is 12.6. The van der Waals surface area contributed by atoms with Gasteiger partial charge in [-0.15, -0.1) is 0 Å². The van der Waals surface area contributed by atoms with Crippen molar-refractivity contribution in [1.29, 1.82) is 0 Å². The largest absolute Gasteiger partial charge is 0.367 e. The van der Waals surface area contributed by atoms with Gasteiger partial charge in [-0.1, -0.05) is 25.1 Å². The van der Waals surface area contributed by atoms with Crippen LogP contribution in [-0.2, 0) is 6.42 Å². The Balaban J connectivity index is 1.86. The molecule has 114 valence electrons. The maximum atomic E-state index is 6.23. The second-order valence-electron chi connectivity index (χ2n) is 5.41. The smallest absolute Gasteiger partial charge is 0.152 e. The molecule has 0 bridgehead atoms. The normalized spacial score (nSPS) is 13.7. The zero-order chi connectivity index (χ0) is 15.5. The molecule has 1 aliphatic rings. The van der Waals surface area contributed by atoms with Crippen LogP contribution in [0.15, 0.2) is 37.2 Å². The predicted molar refractivity (Wildman–Crippen MR) is 92.2 cm³/mol. The van der Waals surface area contributed by atoms with E-state index < -0.39 is 0 Å². The van der Waals surface area contributed by atoms with Crippen molar-refractivity contribution in [3.05, 3.63) is 53.5 Å². The number of pyridine rings is 2. The summed E-state index contributed by atoms with van der Waals surface area (Å²) < 4.78 is 0. The summed E-state index contributed by atoms with van der Waals surface area (Å²) in [5.74, 6) is 0.862. The number of hydrogen-bond acceptors (Lipinski definition) is 4. The quantitative estimate of drug-likeness (QED) is 0.778. The molecule has 2 aromatic heterocycles. The fourth-order valence-electron chi connectivity index (χ4n) is 2.30. The van der Waals surface area contributed by atoms with Crippen molar-refractivity contribution in [3.8, 4) is 0 Å².